The van der Waals surface area contributed by atoms with Gasteiger partial charge >= 0.3 is 13.1 Å². The maximum absolute atomic E-state index is 12.3. The zero-order valence-corrected chi connectivity index (χ0v) is 15.0. The molecule has 0 spiro atoms. The number of carbonyl (C=O) groups excluding carboxylic acids is 1. The topological polar surface area (TPSA) is 57.7 Å². The molecule has 2 heterocycles. The molecule has 0 aliphatic carbocycles. The highest BCUT2D eigenvalue weighted by Gasteiger charge is 2.51. The minimum Gasteiger partial charge on any atom is -0.456 e. The van der Waals surface area contributed by atoms with Crippen LogP contribution in [0.2, 0.25) is 0 Å². The van der Waals surface area contributed by atoms with E-state index in [0.29, 0.717) is 0 Å². The van der Waals surface area contributed by atoms with Crippen molar-refractivity contribution in [1.29, 1.82) is 0 Å². The molecule has 0 atom stereocenters. The lowest BCUT2D eigenvalue weighted by molar-refractivity contribution is 0.00578. The lowest BCUT2D eigenvalue weighted by atomic mass is 9.79. The fourth-order valence-electron chi connectivity index (χ4n) is 2.48. The van der Waals surface area contributed by atoms with Crippen molar-refractivity contribution in [3.8, 4) is 0 Å². The van der Waals surface area contributed by atoms with Gasteiger partial charge in [0, 0.05) is 6.20 Å². The lowest BCUT2D eigenvalue weighted by Crippen LogP contribution is -2.41. The number of ether oxygens (including phenoxy) is 1. The first-order valence-electron chi connectivity index (χ1n) is 8.31. The van der Waals surface area contributed by atoms with Crippen molar-refractivity contribution >= 4 is 18.6 Å². The van der Waals surface area contributed by atoms with Crippen LogP contribution in [-0.4, -0.2) is 29.3 Å². The molecule has 3 rings (SSSR count). The Labute approximate surface area is 148 Å². The van der Waals surface area contributed by atoms with E-state index in [0.717, 1.165) is 11.0 Å². The van der Waals surface area contributed by atoms with Crippen molar-refractivity contribution in [2.24, 2.45) is 0 Å². The molecule has 0 saturated carbocycles. The lowest BCUT2D eigenvalue weighted by Gasteiger charge is -2.32. The van der Waals surface area contributed by atoms with Gasteiger partial charge in [-0.1, -0.05) is 30.3 Å². The number of benzene rings is 1. The predicted molar refractivity (Wildman–Crippen MR) is 95.5 cm³/mol. The highest BCUT2D eigenvalue weighted by atomic mass is 16.7. The number of aromatic nitrogens is 1. The van der Waals surface area contributed by atoms with E-state index in [2.05, 4.69) is 4.98 Å². The van der Waals surface area contributed by atoms with Crippen molar-refractivity contribution in [1.82, 2.24) is 4.98 Å². The summed E-state index contributed by atoms with van der Waals surface area (Å²) >= 11 is 0. The van der Waals surface area contributed by atoms with Gasteiger partial charge in [0.1, 0.15) is 12.3 Å². The van der Waals surface area contributed by atoms with E-state index < -0.39 is 24.3 Å². The van der Waals surface area contributed by atoms with Crippen LogP contribution in [-0.2, 0) is 20.7 Å². The Bertz CT molecular complexity index is 745. The summed E-state index contributed by atoms with van der Waals surface area (Å²) in [5.74, 6) is -0.470. The molecule has 25 heavy (non-hydrogen) atoms. The maximum Gasteiger partial charge on any atom is 0.494 e. The average molecular weight is 339 g/mol. The highest BCUT2D eigenvalue weighted by Crippen LogP contribution is 2.36. The summed E-state index contributed by atoms with van der Waals surface area (Å²) in [6, 6.07) is 13.0. The average Bonchev–Trinajstić information content (AvgIpc) is 2.81. The second-order valence-corrected chi connectivity index (χ2v) is 7.12. The summed E-state index contributed by atoms with van der Waals surface area (Å²) in [5, 5.41) is 0. The SMILES string of the molecule is CC1(C)OB(c2ccnc(C(=O)OCc3ccccc3)c2)OC1(C)C. The number of rotatable bonds is 4. The molecule has 1 aliphatic rings. The van der Waals surface area contributed by atoms with Crippen molar-refractivity contribution in [3.05, 3.63) is 59.9 Å². The molecule has 130 valence electrons. The van der Waals surface area contributed by atoms with Gasteiger partial charge < -0.3 is 14.0 Å². The minimum absolute atomic E-state index is 0.210. The van der Waals surface area contributed by atoms with E-state index in [4.69, 9.17) is 14.0 Å². The molecule has 1 aromatic heterocycles. The van der Waals surface area contributed by atoms with Crippen LogP contribution in [0, 0.1) is 0 Å². The first-order valence-corrected chi connectivity index (χ1v) is 8.31. The van der Waals surface area contributed by atoms with E-state index >= 15 is 0 Å². The second kappa shape index (κ2) is 6.62. The van der Waals surface area contributed by atoms with Crippen molar-refractivity contribution < 1.29 is 18.8 Å². The molecule has 0 bridgehead atoms. The van der Waals surface area contributed by atoms with E-state index in [1.165, 1.54) is 0 Å². The van der Waals surface area contributed by atoms with Crippen molar-refractivity contribution in [2.45, 2.75) is 45.5 Å². The molecule has 0 unspecified atom stereocenters. The van der Waals surface area contributed by atoms with E-state index in [1.54, 1.807) is 18.3 Å². The molecule has 0 amide bonds. The Kier molecular flexibility index (Phi) is 4.67. The van der Waals surface area contributed by atoms with Gasteiger partial charge in [0.05, 0.1) is 11.2 Å². The van der Waals surface area contributed by atoms with E-state index in [-0.39, 0.29) is 12.3 Å². The smallest absolute Gasteiger partial charge is 0.456 e. The fraction of sp³-hybridized carbons (Fsp3) is 0.368. The fourth-order valence-corrected chi connectivity index (χ4v) is 2.48. The maximum atomic E-state index is 12.3. The van der Waals surface area contributed by atoms with Gasteiger partial charge in [-0.3, -0.25) is 0 Å². The van der Waals surface area contributed by atoms with Crippen LogP contribution in [0.1, 0.15) is 43.7 Å². The number of pyridine rings is 1. The Hall–Kier alpha value is -2.18. The third kappa shape index (κ3) is 3.75. The largest absolute Gasteiger partial charge is 0.494 e. The zero-order valence-electron chi connectivity index (χ0n) is 15.0. The Morgan fingerprint density at radius 1 is 1.08 bits per heavy atom. The third-order valence-electron chi connectivity index (χ3n) is 4.73. The summed E-state index contributed by atoms with van der Waals surface area (Å²) in [7, 11) is -0.534. The van der Waals surface area contributed by atoms with Crippen LogP contribution in [0.5, 0.6) is 0 Å². The summed E-state index contributed by atoms with van der Waals surface area (Å²) in [6.07, 6.45) is 1.57. The monoisotopic (exact) mass is 339 g/mol. The molecule has 5 nitrogen and oxygen atoms in total. The molecule has 1 saturated heterocycles. The Morgan fingerprint density at radius 2 is 1.72 bits per heavy atom. The molecule has 0 N–H and O–H groups in total. The number of carbonyl (C=O) groups is 1. The van der Waals surface area contributed by atoms with Crippen molar-refractivity contribution in [3.63, 3.8) is 0 Å². The molecular formula is C19H22BNO4. The van der Waals surface area contributed by atoms with Gasteiger partial charge in [0.25, 0.3) is 0 Å². The standard InChI is InChI=1S/C19H22BNO4/c1-18(2)19(3,4)25-20(24-18)15-10-11-21-16(12-15)17(22)23-13-14-8-6-5-7-9-14/h5-12H,13H2,1-4H3. The number of hydrogen-bond acceptors (Lipinski definition) is 5. The number of esters is 1. The van der Waals surface area contributed by atoms with Crippen molar-refractivity contribution in [2.75, 3.05) is 0 Å². The van der Waals surface area contributed by atoms with Crippen LogP contribution in [0.4, 0.5) is 0 Å². The highest BCUT2D eigenvalue weighted by molar-refractivity contribution is 6.62. The third-order valence-corrected chi connectivity index (χ3v) is 4.73. The second-order valence-electron chi connectivity index (χ2n) is 7.12. The molecular weight excluding hydrogens is 317 g/mol. The van der Waals surface area contributed by atoms with E-state index in [1.807, 2.05) is 58.0 Å². The van der Waals surface area contributed by atoms with Gasteiger partial charge in [-0.05, 0) is 50.9 Å². The van der Waals surface area contributed by atoms with Crippen LogP contribution in [0.25, 0.3) is 0 Å². The first-order chi connectivity index (χ1) is 11.8. The minimum atomic E-state index is -0.534. The first kappa shape index (κ1) is 17.6. The van der Waals surface area contributed by atoms with Gasteiger partial charge in [-0.25, -0.2) is 9.78 Å². The summed E-state index contributed by atoms with van der Waals surface area (Å²) < 4.78 is 17.4. The van der Waals surface area contributed by atoms with Gasteiger partial charge in [-0.15, -0.1) is 0 Å². The van der Waals surface area contributed by atoms with Gasteiger partial charge in [0.2, 0.25) is 0 Å². The predicted octanol–water partition coefficient (Wildman–Crippen LogP) is 2.74. The van der Waals surface area contributed by atoms with Crippen LogP contribution < -0.4 is 5.46 Å². The van der Waals surface area contributed by atoms with E-state index in [9.17, 15) is 4.79 Å². The molecule has 0 radical (unpaired) electrons. The quantitative estimate of drug-likeness (QED) is 0.633. The number of nitrogens with zero attached hydrogens (tertiary/aromatic N) is 1. The number of hydrogen-bond donors (Lipinski definition) is 0. The van der Waals surface area contributed by atoms with Gasteiger partial charge in [-0.2, -0.15) is 0 Å². The molecule has 2 aromatic rings. The zero-order chi connectivity index (χ0) is 18.1. The van der Waals surface area contributed by atoms with Crippen LogP contribution in [0.15, 0.2) is 48.7 Å². The molecule has 6 heteroatoms. The van der Waals surface area contributed by atoms with Crippen LogP contribution in [0.3, 0.4) is 0 Å². The van der Waals surface area contributed by atoms with Gasteiger partial charge in [0.15, 0.2) is 0 Å². The summed E-state index contributed by atoms with van der Waals surface area (Å²) in [4.78, 5) is 16.4. The Morgan fingerprint density at radius 3 is 2.36 bits per heavy atom. The molecule has 1 aliphatic heterocycles. The molecule has 1 fully saturated rings. The normalized spacial score (nSPS) is 18.2. The van der Waals surface area contributed by atoms with Crippen LogP contribution >= 0.6 is 0 Å². The molecule has 1 aromatic carbocycles. The summed E-state index contributed by atoms with van der Waals surface area (Å²) in [6.45, 7) is 8.17. The summed E-state index contributed by atoms with van der Waals surface area (Å²) in [5.41, 5.74) is 1.05. The Balaban J connectivity index is 1.70.